The van der Waals surface area contributed by atoms with E-state index in [0.717, 1.165) is 21.8 Å². The summed E-state index contributed by atoms with van der Waals surface area (Å²) in [7, 11) is 0. The third-order valence-corrected chi connectivity index (χ3v) is 6.41. The molecule has 7 heteroatoms. The standard InChI is InChI=1S/C22H17BrClNO3S/c1-3-13(2)25(21(26)16-10-9-15(24)11-17(16)23)18-12-19(29-20(18)22(27)28)14-7-5-4-6-8-14/h3-13H,1H2,2H3,(H,27,28). The molecule has 0 saturated heterocycles. The molecule has 0 saturated carbocycles. The fourth-order valence-electron chi connectivity index (χ4n) is 2.87. The van der Waals surface area contributed by atoms with Crippen molar-refractivity contribution in [1.29, 1.82) is 0 Å². The second-order valence-electron chi connectivity index (χ2n) is 6.27. The molecule has 1 aromatic heterocycles. The van der Waals surface area contributed by atoms with Crippen LogP contribution in [-0.2, 0) is 0 Å². The zero-order chi connectivity index (χ0) is 21.1. The Morgan fingerprint density at radius 3 is 2.48 bits per heavy atom. The van der Waals surface area contributed by atoms with E-state index in [2.05, 4.69) is 22.5 Å². The Balaban J connectivity index is 2.16. The highest BCUT2D eigenvalue weighted by Gasteiger charge is 2.29. The van der Waals surface area contributed by atoms with Gasteiger partial charge in [-0.05, 0) is 52.7 Å². The van der Waals surface area contributed by atoms with Crippen LogP contribution in [0.3, 0.4) is 0 Å². The first-order chi connectivity index (χ1) is 13.8. The number of aromatic carboxylic acids is 1. The van der Waals surface area contributed by atoms with Gasteiger partial charge in [0.15, 0.2) is 0 Å². The number of thiophene rings is 1. The van der Waals surface area contributed by atoms with Crippen molar-refractivity contribution in [2.24, 2.45) is 0 Å². The van der Waals surface area contributed by atoms with Gasteiger partial charge in [-0.2, -0.15) is 0 Å². The zero-order valence-electron chi connectivity index (χ0n) is 15.4. The molecular weight excluding hydrogens is 474 g/mol. The largest absolute Gasteiger partial charge is 0.477 e. The highest BCUT2D eigenvalue weighted by Crippen LogP contribution is 2.39. The molecule has 1 N–H and O–H groups in total. The van der Waals surface area contributed by atoms with Gasteiger partial charge in [-0.15, -0.1) is 17.9 Å². The van der Waals surface area contributed by atoms with Crippen LogP contribution < -0.4 is 4.90 Å². The highest BCUT2D eigenvalue weighted by atomic mass is 79.9. The summed E-state index contributed by atoms with van der Waals surface area (Å²) in [5.41, 5.74) is 1.60. The Bertz CT molecular complexity index is 1080. The Hall–Kier alpha value is -2.41. The minimum Gasteiger partial charge on any atom is -0.477 e. The molecule has 3 rings (SSSR count). The van der Waals surface area contributed by atoms with Crippen LogP contribution >= 0.6 is 38.9 Å². The molecule has 0 bridgehead atoms. The molecule has 0 aliphatic heterocycles. The van der Waals surface area contributed by atoms with E-state index in [-0.39, 0.29) is 10.8 Å². The topological polar surface area (TPSA) is 57.6 Å². The van der Waals surface area contributed by atoms with Crippen LogP contribution in [0.25, 0.3) is 10.4 Å². The van der Waals surface area contributed by atoms with E-state index in [1.54, 1.807) is 37.3 Å². The first kappa shape index (κ1) is 21.3. The summed E-state index contributed by atoms with van der Waals surface area (Å²) < 4.78 is 0.534. The number of hydrogen-bond acceptors (Lipinski definition) is 3. The second-order valence-corrected chi connectivity index (χ2v) is 8.61. The summed E-state index contributed by atoms with van der Waals surface area (Å²) in [6.45, 7) is 5.58. The number of hydrogen-bond donors (Lipinski definition) is 1. The molecule has 0 spiro atoms. The third-order valence-electron chi connectivity index (χ3n) is 4.35. The smallest absolute Gasteiger partial charge is 0.348 e. The van der Waals surface area contributed by atoms with Crippen molar-refractivity contribution in [2.45, 2.75) is 13.0 Å². The lowest BCUT2D eigenvalue weighted by molar-refractivity contribution is 0.0703. The molecule has 0 radical (unpaired) electrons. The number of halogens is 2. The van der Waals surface area contributed by atoms with Gasteiger partial charge in [0.25, 0.3) is 5.91 Å². The minimum absolute atomic E-state index is 0.0935. The van der Waals surface area contributed by atoms with Gasteiger partial charge in [-0.25, -0.2) is 4.79 Å². The molecule has 0 aliphatic rings. The number of carboxylic acids is 1. The van der Waals surface area contributed by atoms with Crippen molar-refractivity contribution < 1.29 is 14.7 Å². The molecule has 1 amide bonds. The lowest BCUT2D eigenvalue weighted by Gasteiger charge is -2.27. The molecule has 0 fully saturated rings. The van der Waals surface area contributed by atoms with Crippen molar-refractivity contribution in [3.05, 3.63) is 87.2 Å². The predicted molar refractivity (Wildman–Crippen MR) is 122 cm³/mol. The van der Waals surface area contributed by atoms with Crippen LogP contribution in [0.1, 0.15) is 27.0 Å². The SMILES string of the molecule is C=CC(C)N(C(=O)c1ccc(Cl)cc1Br)c1cc(-c2ccccc2)sc1C(=O)O. The maximum Gasteiger partial charge on any atom is 0.348 e. The maximum atomic E-state index is 13.4. The van der Waals surface area contributed by atoms with Crippen LogP contribution in [0.5, 0.6) is 0 Å². The molecule has 1 heterocycles. The van der Waals surface area contributed by atoms with E-state index in [9.17, 15) is 14.7 Å². The van der Waals surface area contributed by atoms with Crippen LogP contribution in [0.4, 0.5) is 5.69 Å². The fourth-order valence-corrected chi connectivity index (χ4v) is 4.72. The normalized spacial score (nSPS) is 11.7. The summed E-state index contributed by atoms with van der Waals surface area (Å²) in [4.78, 5) is 27.7. The van der Waals surface area contributed by atoms with Gasteiger partial charge in [0.2, 0.25) is 0 Å². The van der Waals surface area contributed by atoms with E-state index in [4.69, 9.17) is 11.6 Å². The number of carbonyl (C=O) groups excluding carboxylic acids is 1. The van der Waals surface area contributed by atoms with Gasteiger partial charge in [0.05, 0.1) is 17.3 Å². The van der Waals surface area contributed by atoms with Gasteiger partial charge in [0.1, 0.15) is 4.88 Å². The number of anilines is 1. The van der Waals surface area contributed by atoms with Crippen LogP contribution in [0.15, 0.2) is 71.7 Å². The van der Waals surface area contributed by atoms with Crippen molar-refractivity contribution in [1.82, 2.24) is 0 Å². The molecule has 4 nitrogen and oxygen atoms in total. The number of benzene rings is 2. The molecule has 2 aromatic carbocycles. The van der Waals surface area contributed by atoms with Gasteiger partial charge >= 0.3 is 5.97 Å². The van der Waals surface area contributed by atoms with Gasteiger partial charge in [0, 0.05) is 14.4 Å². The lowest BCUT2D eigenvalue weighted by atomic mass is 10.1. The Morgan fingerprint density at radius 2 is 1.90 bits per heavy atom. The molecule has 1 unspecified atom stereocenters. The van der Waals surface area contributed by atoms with Gasteiger partial charge < -0.3 is 5.11 Å². The van der Waals surface area contributed by atoms with Crippen LogP contribution in [0.2, 0.25) is 5.02 Å². The monoisotopic (exact) mass is 489 g/mol. The average Bonchev–Trinajstić information content (AvgIpc) is 3.13. The summed E-state index contributed by atoms with van der Waals surface area (Å²) in [6, 6.07) is 15.6. The van der Waals surface area contributed by atoms with Crippen molar-refractivity contribution in [2.75, 3.05) is 4.90 Å². The molecule has 29 heavy (non-hydrogen) atoms. The molecule has 1 atom stereocenters. The number of rotatable bonds is 6. The number of carboxylic acid groups (broad SMARTS) is 1. The molecule has 0 aliphatic carbocycles. The summed E-state index contributed by atoms with van der Waals surface area (Å²) in [5, 5.41) is 10.3. The summed E-state index contributed by atoms with van der Waals surface area (Å²) in [6.07, 6.45) is 1.60. The Labute approximate surface area is 186 Å². The van der Waals surface area contributed by atoms with E-state index < -0.39 is 12.0 Å². The highest BCUT2D eigenvalue weighted by molar-refractivity contribution is 9.10. The average molecular weight is 491 g/mol. The van der Waals surface area contributed by atoms with E-state index in [1.165, 1.54) is 4.90 Å². The quantitative estimate of drug-likeness (QED) is 0.389. The Kier molecular flexibility index (Phi) is 6.57. The summed E-state index contributed by atoms with van der Waals surface area (Å²) in [5.74, 6) is -1.43. The van der Waals surface area contributed by atoms with Crippen molar-refractivity contribution >= 4 is 56.4 Å². The van der Waals surface area contributed by atoms with Gasteiger partial charge in [-0.1, -0.05) is 48.0 Å². The predicted octanol–water partition coefficient (Wildman–Crippen LogP) is 6.75. The number of amides is 1. The first-order valence-electron chi connectivity index (χ1n) is 8.67. The zero-order valence-corrected chi connectivity index (χ0v) is 18.6. The third kappa shape index (κ3) is 4.45. The lowest BCUT2D eigenvalue weighted by Crippen LogP contribution is -2.38. The van der Waals surface area contributed by atoms with Crippen LogP contribution in [-0.4, -0.2) is 23.0 Å². The fraction of sp³-hybridized carbons (Fsp3) is 0.0909. The number of carbonyl (C=O) groups is 2. The van der Waals surface area contributed by atoms with E-state index in [1.807, 2.05) is 30.3 Å². The minimum atomic E-state index is -1.09. The number of nitrogens with zero attached hydrogens (tertiary/aromatic N) is 1. The van der Waals surface area contributed by atoms with Crippen LogP contribution in [0, 0.1) is 0 Å². The first-order valence-corrected chi connectivity index (χ1v) is 10.7. The summed E-state index contributed by atoms with van der Waals surface area (Å²) >= 11 is 10.5. The van der Waals surface area contributed by atoms with Gasteiger partial charge in [-0.3, -0.25) is 9.69 Å². The van der Waals surface area contributed by atoms with Crippen molar-refractivity contribution in [3.8, 4) is 10.4 Å². The molecular formula is C22H17BrClNO3S. The maximum absolute atomic E-state index is 13.4. The van der Waals surface area contributed by atoms with E-state index >= 15 is 0 Å². The second kappa shape index (κ2) is 8.95. The van der Waals surface area contributed by atoms with Crippen molar-refractivity contribution in [3.63, 3.8) is 0 Å². The Morgan fingerprint density at radius 1 is 1.21 bits per heavy atom. The molecule has 148 valence electrons. The van der Waals surface area contributed by atoms with E-state index in [0.29, 0.717) is 20.7 Å². The molecule has 3 aromatic rings.